The molecular formula is C24H25NO2. The summed E-state index contributed by atoms with van der Waals surface area (Å²) in [5.74, 6) is 0.934. The van der Waals surface area contributed by atoms with Crippen LogP contribution in [0.3, 0.4) is 0 Å². The van der Waals surface area contributed by atoms with Crippen LogP contribution in [0.15, 0.2) is 84.9 Å². The number of hydrogen-bond donors (Lipinski definition) is 1. The average Bonchev–Trinajstić information content (AvgIpc) is 2.72. The highest BCUT2D eigenvalue weighted by Gasteiger charge is 2.17. The number of nitrogens with one attached hydrogen (secondary N) is 1. The van der Waals surface area contributed by atoms with Crippen molar-refractivity contribution in [3.63, 3.8) is 0 Å². The fraction of sp³-hybridized carbons (Fsp3) is 0.208. The summed E-state index contributed by atoms with van der Waals surface area (Å²) in [5.41, 5.74) is 3.39. The standard InChI is InChI=1S/C24H25NO2/c1-19-10-8-9-15-23(19)27-17-16-25-24(26)18-22(20-11-4-2-5-12-20)21-13-6-3-7-14-21/h2-15,22H,16-18H2,1H3,(H,25,26). The van der Waals surface area contributed by atoms with Crippen LogP contribution in [0, 0.1) is 6.92 Å². The van der Waals surface area contributed by atoms with Crippen LogP contribution in [0.4, 0.5) is 0 Å². The van der Waals surface area contributed by atoms with E-state index in [0.29, 0.717) is 19.6 Å². The molecule has 1 N–H and O–H groups in total. The molecule has 0 fully saturated rings. The summed E-state index contributed by atoms with van der Waals surface area (Å²) in [6.45, 7) is 2.96. The van der Waals surface area contributed by atoms with E-state index in [2.05, 4.69) is 29.6 Å². The summed E-state index contributed by atoms with van der Waals surface area (Å²) in [7, 11) is 0. The minimum atomic E-state index is 0.0288. The van der Waals surface area contributed by atoms with Gasteiger partial charge in [-0.15, -0.1) is 0 Å². The van der Waals surface area contributed by atoms with E-state index in [-0.39, 0.29) is 11.8 Å². The number of carbonyl (C=O) groups excluding carboxylic acids is 1. The SMILES string of the molecule is Cc1ccccc1OCCNC(=O)CC(c1ccccc1)c1ccccc1. The van der Waals surface area contributed by atoms with Crippen molar-refractivity contribution in [1.82, 2.24) is 5.32 Å². The van der Waals surface area contributed by atoms with Gasteiger partial charge in [0.15, 0.2) is 0 Å². The molecular weight excluding hydrogens is 334 g/mol. The van der Waals surface area contributed by atoms with E-state index in [1.165, 1.54) is 0 Å². The fourth-order valence-electron chi connectivity index (χ4n) is 3.13. The van der Waals surface area contributed by atoms with Gasteiger partial charge in [0, 0.05) is 12.3 Å². The van der Waals surface area contributed by atoms with E-state index in [1.807, 2.05) is 67.6 Å². The topological polar surface area (TPSA) is 38.3 Å². The fourth-order valence-corrected chi connectivity index (χ4v) is 3.13. The smallest absolute Gasteiger partial charge is 0.221 e. The molecule has 0 aliphatic carbocycles. The van der Waals surface area contributed by atoms with Crippen LogP contribution in [-0.2, 0) is 4.79 Å². The van der Waals surface area contributed by atoms with Gasteiger partial charge in [-0.1, -0.05) is 78.9 Å². The van der Waals surface area contributed by atoms with Gasteiger partial charge in [0.05, 0.1) is 6.54 Å². The van der Waals surface area contributed by atoms with Crippen LogP contribution in [0.25, 0.3) is 0 Å². The van der Waals surface area contributed by atoms with Gasteiger partial charge in [-0.05, 0) is 29.7 Å². The third-order valence-electron chi connectivity index (χ3n) is 4.57. The predicted molar refractivity (Wildman–Crippen MR) is 109 cm³/mol. The van der Waals surface area contributed by atoms with Crippen LogP contribution >= 0.6 is 0 Å². The summed E-state index contributed by atoms with van der Waals surface area (Å²) >= 11 is 0. The predicted octanol–water partition coefficient (Wildman–Crippen LogP) is 4.71. The lowest BCUT2D eigenvalue weighted by atomic mass is 9.88. The molecule has 0 radical (unpaired) electrons. The minimum Gasteiger partial charge on any atom is -0.491 e. The Morgan fingerprint density at radius 3 is 2.00 bits per heavy atom. The molecule has 0 saturated heterocycles. The Labute approximate surface area is 161 Å². The molecule has 3 aromatic carbocycles. The molecule has 27 heavy (non-hydrogen) atoms. The molecule has 3 nitrogen and oxygen atoms in total. The largest absolute Gasteiger partial charge is 0.491 e. The Morgan fingerprint density at radius 2 is 1.41 bits per heavy atom. The molecule has 1 amide bonds. The van der Waals surface area contributed by atoms with E-state index in [1.54, 1.807) is 0 Å². The lowest BCUT2D eigenvalue weighted by Gasteiger charge is -2.18. The number of aryl methyl sites for hydroxylation is 1. The van der Waals surface area contributed by atoms with E-state index < -0.39 is 0 Å². The van der Waals surface area contributed by atoms with Crippen LogP contribution in [-0.4, -0.2) is 19.1 Å². The van der Waals surface area contributed by atoms with Crippen molar-refractivity contribution in [2.45, 2.75) is 19.3 Å². The highest BCUT2D eigenvalue weighted by Crippen LogP contribution is 2.27. The Morgan fingerprint density at radius 1 is 0.852 bits per heavy atom. The molecule has 0 atom stereocenters. The maximum atomic E-state index is 12.5. The van der Waals surface area contributed by atoms with E-state index in [4.69, 9.17) is 4.74 Å². The first kappa shape index (κ1) is 18.7. The number of benzene rings is 3. The Balaban J connectivity index is 1.56. The van der Waals surface area contributed by atoms with Gasteiger partial charge in [0.2, 0.25) is 5.91 Å². The highest BCUT2D eigenvalue weighted by molar-refractivity contribution is 5.77. The number of carbonyl (C=O) groups is 1. The molecule has 138 valence electrons. The number of rotatable bonds is 8. The zero-order chi connectivity index (χ0) is 18.9. The van der Waals surface area contributed by atoms with Crippen molar-refractivity contribution < 1.29 is 9.53 Å². The van der Waals surface area contributed by atoms with Crippen molar-refractivity contribution in [2.75, 3.05) is 13.2 Å². The van der Waals surface area contributed by atoms with E-state index >= 15 is 0 Å². The second-order valence-corrected chi connectivity index (χ2v) is 6.54. The second kappa shape index (κ2) is 9.58. The van der Waals surface area contributed by atoms with Crippen LogP contribution in [0.2, 0.25) is 0 Å². The minimum absolute atomic E-state index is 0.0288. The molecule has 0 bridgehead atoms. The van der Waals surface area contributed by atoms with Gasteiger partial charge in [0.25, 0.3) is 0 Å². The molecule has 3 aromatic rings. The van der Waals surface area contributed by atoms with Crippen molar-refractivity contribution in [2.24, 2.45) is 0 Å². The van der Waals surface area contributed by atoms with Crippen molar-refractivity contribution >= 4 is 5.91 Å². The second-order valence-electron chi connectivity index (χ2n) is 6.54. The van der Waals surface area contributed by atoms with Gasteiger partial charge < -0.3 is 10.1 Å². The number of ether oxygens (including phenoxy) is 1. The summed E-state index contributed by atoms with van der Waals surface area (Å²) in [4.78, 5) is 12.5. The summed E-state index contributed by atoms with van der Waals surface area (Å²) in [5, 5.41) is 2.98. The molecule has 3 heteroatoms. The number of amides is 1. The third-order valence-corrected chi connectivity index (χ3v) is 4.57. The number of hydrogen-bond acceptors (Lipinski definition) is 2. The van der Waals surface area contributed by atoms with Gasteiger partial charge in [-0.3, -0.25) is 4.79 Å². The molecule has 0 spiro atoms. The van der Waals surface area contributed by atoms with E-state index in [9.17, 15) is 4.79 Å². The molecule has 0 heterocycles. The normalized spacial score (nSPS) is 10.6. The molecule has 0 aliphatic heterocycles. The monoisotopic (exact) mass is 359 g/mol. The lowest BCUT2D eigenvalue weighted by Crippen LogP contribution is -2.29. The van der Waals surface area contributed by atoms with Crippen LogP contribution in [0.5, 0.6) is 5.75 Å². The first-order valence-electron chi connectivity index (χ1n) is 9.29. The van der Waals surface area contributed by atoms with Gasteiger partial charge >= 0.3 is 0 Å². The lowest BCUT2D eigenvalue weighted by molar-refractivity contribution is -0.121. The van der Waals surface area contributed by atoms with Gasteiger partial charge in [0.1, 0.15) is 12.4 Å². The van der Waals surface area contributed by atoms with Gasteiger partial charge in [-0.25, -0.2) is 0 Å². The quantitative estimate of drug-likeness (QED) is 0.592. The average molecular weight is 359 g/mol. The van der Waals surface area contributed by atoms with Crippen molar-refractivity contribution in [3.8, 4) is 5.75 Å². The summed E-state index contributed by atoms with van der Waals surface area (Å²) in [6, 6.07) is 28.2. The zero-order valence-electron chi connectivity index (χ0n) is 15.6. The summed E-state index contributed by atoms with van der Waals surface area (Å²) in [6.07, 6.45) is 0.415. The number of para-hydroxylation sites is 1. The molecule has 3 rings (SSSR count). The van der Waals surface area contributed by atoms with Crippen LogP contribution in [0.1, 0.15) is 29.0 Å². The first-order valence-corrected chi connectivity index (χ1v) is 9.29. The summed E-state index contributed by atoms with van der Waals surface area (Å²) < 4.78 is 5.75. The Kier molecular flexibility index (Phi) is 6.64. The highest BCUT2D eigenvalue weighted by atomic mass is 16.5. The molecule has 0 aromatic heterocycles. The van der Waals surface area contributed by atoms with Crippen molar-refractivity contribution in [3.05, 3.63) is 102 Å². The third kappa shape index (κ3) is 5.45. The Bertz CT molecular complexity index is 807. The Hall–Kier alpha value is -3.07. The zero-order valence-corrected chi connectivity index (χ0v) is 15.6. The first-order chi connectivity index (χ1) is 13.2. The maximum absolute atomic E-state index is 12.5. The maximum Gasteiger partial charge on any atom is 0.221 e. The van der Waals surface area contributed by atoms with Crippen molar-refractivity contribution in [1.29, 1.82) is 0 Å². The van der Waals surface area contributed by atoms with Gasteiger partial charge in [-0.2, -0.15) is 0 Å². The van der Waals surface area contributed by atoms with E-state index in [0.717, 1.165) is 22.4 Å². The molecule has 0 aliphatic rings. The molecule has 0 saturated carbocycles. The van der Waals surface area contributed by atoms with Crippen LogP contribution < -0.4 is 10.1 Å². The molecule has 0 unspecified atom stereocenters.